The Balaban J connectivity index is 0.00000363. The van der Waals surface area contributed by atoms with Crippen LogP contribution in [0.4, 0.5) is 5.82 Å². The topological polar surface area (TPSA) is 285 Å². The van der Waals surface area contributed by atoms with Gasteiger partial charge in [0.15, 0.2) is 17.7 Å². The molecule has 3 rings (SSSR count). The van der Waals surface area contributed by atoms with Crippen LogP contribution in [0.25, 0.3) is 11.2 Å². The summed E-state index contributed by atoms with van der Waals surface area (Å²) in [4.78, 5) is 50.8. The summed E-state index contributed by atoms with van der Waals surface area (Å²) in [5.41, 5.74) is 5.97. The van der Waals surface area contributed by atoms with Crippen LogP contribution in [-0.2, 0) is 48.6 Å². The number of hydrogen-bond acceptors (Lipinski definition) is 15. The molecule has 3 heterocycles. The minimum Gasteiger partial charge on any atom is -0.789 e. The minimum atomic E-state index is -6.04. The average molecular weight is 560 g/mol. The van der Waals surface area contributed by atoms with E-state index in [4.69, 9.17) is 15.4 Å². The molecule has 0 saturated carbocycles. The molecule has 1 saturated heterocycles. The smallest absolute Gasteiger partial charge is 0.789 e. The molecule has 1 radical (unpaired) electrons. The Labute approximate surface area is 188 Å². The van der Waals surface area contributed by atoms with E-state index in [1.54, 1.807) is 0 Å². The molecule has 0 aromatic carbocycles. The van der Waals surface area contributed by atoms with Crippen LogP contribution in [0.3, 0.4) is 0 Å². The molecule has 1 aliphatic heterocycles. The molecular formula is C10H14MnN5O13P3. The molecular weight excluding hydrogens is 546 g/mol. The fourth-order valence-electron chi connectivity index (χ4n) is 2.62. The summed E-state index contributed by atoms with van der Waals surface area (Å²) in [5.74, 6) is 0.0337. The number of phosphoric acid groups is 3. The molecule has 18 nitrogen and oxygen atoms in total. The Morgan fingerprint density at radius 3 is 2.38 bits per heavy atom. The molecule has 0 amide bonds. The molecule has 179 valence electrons. The predicted molar refractivity (Wildman–Crippen MR) is 91.0 cm³/mol. The van der Waals surface area contributed by atoms with E-state index < -0.39 is 54.6 Å². The van der Waals surface area contributed by atoms with Crippen molar-refractivity contribution in [3.05, 3.63) is 12.7 Å². The maximum atomic E-state index is 11.7. The third-order valence-corrected chi connectivity index (χ3v) is 7.56. The first-order valence-corrected chi connectivity index (χ1v) is 12.3. The van der Waals surface area contributed by atoms with E-state index in [2.05, 4.69) is 28.1 Å². The van der Waals surface area contributed by atoms with Gasteiger partial charge in [-0.25, -0.2) is 24.1 Å². The Morgan fingerprint density at radius 2 is 1.75 bits per heavy atom. The number of aliphatic hydroxyl groups is 2. The molecule has 0 aliphatic carbocycles. The van der Waals surface area contributed by atoms with Crippen molar-refractivity contribution >= 4 is 40.4 Å². The number of nitrogens with two attached hydrogens (primary N) is 1. The van der Waals surface area contributed by atoms with Gasteiger partial charge in [0.1, 0.15) is 30.2 Å². The van der Waals surface area contributed by atoms with Crippen LogP contribution in [0, 0.1) is 0 Å². The standard InChI is InChI=1S/C10H16N5O13P3.Mn/c11-8-5-9(13-2-12-8)15(3-14-5)10-7(17)6(16)4(26-10)1-25-30(21,22)28-31(23,24)27-29(18,19)20;/h2-4,6-7,10,16-17H,1H2,(H,21,22)(H,23,24)(H2,11,12,13)(H2,18,19,20);/q;+2/p-2/t4-,6-,7-,10-;/m1./s1. The van der Waals surface area contributed by atoms with Crippen molar-refractivity contribution in [1.82, 2.24) is 19.5 Å². The van der Waals surface area contributed by atoms with Crippen molar-refractivity contribution in [3.63, 3.8) is 0 Å². The molecule has 32 heavy (non-hydrogen) atoms. The van der Waals surface area contributed by atoms with Crippen molar-refractivity contribution in [3.8, 4) is 0 Å². The predicted octanol–water partition coefficient (Wildman–Crippen LogP) is -2.90. The molecule has 6 N–H and O–H groups in total. The fraction of sp³-hybridized carbons (Fsp3) is 0.500. The van der Waals surface area contributed by atoms with E-state index in [1.807, 2.05) is 0 Å². The summed E-state index contributed by atoms with van der Waals surface area (Å²) in [6, 6.07) is 0. The van der Waals surface area contributed by atoms with Crippen LogP contribution in [0.1, 0.15) is 6.23 Å². The zero-order valence-corrected chi connectivity index (χ0v) is 19.1. The van der Waals surface area contributed by atoms with Gasteiger partial charge in [-0.1, -0.05) is 0 Å². The van der Waals surface area contributed by atoms with Crippen LogP contribution < -0.4 is 15.5 Å². The van der Waals surface area contributed by atoms with E-state index in [1.165, 1.54) is 10.9 Å². The van der Waals surface area contributed by atoms with Gasteiger partial charge < -0.3 is 44.8 Å². The van der Waals surface area contributed by atoms with Gasteiger partial charge in [-0.3, -0.25) is 13.4 Å². The molecule has 22 heteroatoms. The first-order valence-electron chi connectivity index (χ1n) is 7.88. The first kappa shape index (κ1) is 27.4. The van der Waals surface area contributed by atoms with Crippen molar-refractivity contribution in [1.29, 1.82) is 0 Å². The van der Waals surface area contributed by atoms with E-state index in [-0.39, 0.29) is 34.1 Å². The molecule has 2 unspecified atom stereocenters. The van der Waals surface area contributed by atoms with Crippen LogP contribution >= 0.6 is 23.5 Å². The summed E-state index contributed by atoms with van der Waals surface area (Å²) < 4.78 is 51.2. The van der Waals surface area contributed by atoms with Crippen LogP contribution in [0.5, 0.6) is 0 Å². The quantitative estimate of drug-likeness (QED) is 0.160. The van der Waals surface area contributed by atoms with Crippen LogP contribution in [0.2, 0.25) is 0 Å². The summed E-state index contributed by atoms with van der Waals surface area (Å²) in [6.45, 7) is -0.987. The number of fused-ring (bicyclic) bond motifs is 1. The van der Waals surface area contributed by atoms with Crippen molar-refractivity contribution in [2.24, 2.45) is 0 Å². The summed E-state index contributed by atoms with van der Waals surface area (Å²) >= 11 is 0. The number of nitrogens with zero attached hydrogens (tertiary/aromatic N) is 4. The second kappa shape index (κ2) is 9.80. The van der Waals surface area contributed by atoms with Gasteiger partial charge in [0.25, 0.3) is 0 Å². The zero-order valence-electron chi connectivity index (χ0n) is 15.2. The van der Waals surface area contributed by atoms with E-state index in [0.29, 0.717) is 0 Å². The number of rotatable bonds is 8. The van der Waals surface area contributed by atoms with Gasteiger partial charge in [0, 0.05) is 0 Å². The third-order valence-electron chi connectivity index (χ3n) is 3.81. The zero-order chi connectivity index (χ0) is 23.2. The van der Waals surface area contributed by atoms with Gasteiger partial charge in [0.2, 0.25) is 0 Å². The van der Waals surface area contributed by atoms with Gasteiger partial charge in [-0.2, -0.15) is 4.31 Å². The number of aliphatic hydroxyl groups excluding tert-OH is 2. The number of nitrogen functional groups attached to an aromatic ring is 1. The normalized spacial score (nSPS) is 27.6. The van der Waals surface area contributed by atoms with Gasteiger partial charge in [-0.15, -0.1) is 0 Å². The number of hydrogen-bond donors (Lipinski definition) is 5. The number of imidazole rings is 1. The average Bonchev–Trinajstić information content (AvgIpc) is 3.13. The van der Waals surface area contributed by atoms with Gasteiger partial charge >= 0.3 is 32.7 Å². The molecule has 1 aliphatic rings. The largest absolute Gasteiger partial charge is 2.00 e. The second-order valence-corrected chi connectivity index (χ2v) is 10.3. The summed E-state index contributed by atoms with van der Waals surface area (Å²) in [5, 5.41) is 20.4. The van der Waals surface area contributed by atoms with Crippen molar-refractivity contribution < 1.29 is 78.4 Å². The van der Waals surface area contributed by atoms with Gasteiger partial charge in [-0.05, 0) is 0 Å². The Morgan fingerprint density at radius 1 is 1.09 bits per heavy atom. The Hall–Kier alpha value is -0.841. The SMILES string of the molecule is Nc1ncnc2c1ncn2[C@@H]1O[C@H](COP(=O)(O)OP(=O)(O)OP(=O)([O-])[O-])[C@@H](O)[C@H]1O.[Mn+2]. The van der Waals surface area contributed by atoms with E-state index in [0.717, 1.165) is 6.33 Å². The van der Waals surface area contributed by atoms with E-state index in [9.17, 15) is 38.6 Å². The van der Waals surface area contributed by atoms with Crippen LogP contribution in [0.15, 0.2) is 12.7 Å². The summed E-state index contributed by atoms with van der Waals surface area (Å²) in [7, 11) is -17.4. The van der Waals surface area contributed by atoms with Crippen LogP contribution in [-0.4, -0.2) is 64.4 Å². The van der Waals surface area contributed by atoms with Gasteiger partial charge in [0.05, 0.1) is 20.8 Å². The molecule has 6 atom stereocenters. The summed E-state index contributed by atoms with van der Waals surface area (Å²) in [6.07, 6.45) is -3.79. The fourth-order valence-corrected chi connectivity index (χ4v) is 5.58. The third kappa shape index (κ3) is 6.39. The molecule has 1 fully saturated rings. The number of ether oxygens (including phenoxy) is 1. The first-order chi connectivity index (χ1) is 14.2. The van der Waals surface area contributed by atoms with Crippen molar-refractivity contribution in [2.75, 3.05) is 12.3 Å². The van der Waals surface area contributed by atoms with Crippen molar-refractivity contribution in [2.45, 2.75) is 24.5 Å². The minimum absolute atomic E-state index is 0. The Kier molecular flexibility index (Phi) is 8.39. The molecule has 2 aromatic rings. The molecule has 2 aromatic heterocycles. The Bertz CT molecular complexity index is 1110. The second-order valence-electron chi connectivity index (χ2n) is 5.97. The monoisotopic (exact) mass is 560 g/mol. The maximum absolute atomic E-state index is 11.7. The molecule has 0 spiro atoms. The number of phosphoric ester groups is 1. The number of anilines is 1. The maximum Gasteiger partial charge on any atom is 2.00 e. The molecule has 0 bridgehead atoms. The van der Waals surface area contributed by atoms with E-state index >= 15 is 0 Å². The number of aromatic nitrogens is 4.